The van der Waals surface area contributed by atoms with Gasteiger partial charge in [-0.05, 0) is 24.7 Å². The topological polar surface area (TPSA) is 17.1 Å². The first kappa shape index (κ1) is 6.14. The van der Waals surface area contributed by atoms with Crippen LogP contribution in [0.1, 0.15) is 19.8 Å². The summed E-state index contributed by atoms with van der Waals surface area (Å²) in [4.78, 5) is 10.7. The van der Waals surface area contributed by atoms with E-state index in [-0.39, 0.29) is 5.41 Å². The fourth-order valence-electron chi connectivity index (χ4n) is 2.27. The van der Waals surface area contributed by atoms with Crippen molar-refractivity contribution in [1.82, 2.24) is 0 Å². The molecule has 0 N–H and O–H groups in total. The second-order valence-electron chi connectivity index (χ2n) is 3.81. The lowest BCUT2D eigenvalue weighted by molar-refractivity contribution is -0.116. The van der Waals surface area contributed by atoms with Crippen LogP contribution in [0.15, 0.2) is 12.2 Å². The quantitative estimate of drug-likeness (QED) is 0.396. The van der Waals surface area contributed by atoms with Crippen LogP contribution in [0.5, 0.6) is 0 Å². The summed E-state index contributed by atoms with van der Waals surface area (Å²) in [6.45, 7) is 2.08. The summed E-state index contributed by atoms with van der Waals surface area (Å²) < 4.78 is 0. The van der Waals surface area contributed by atoms with Gasteiger partial charge < -0.3 is 4.79 Å². The molecule has 0 amide bonds. The van der Waals surface area contributed by atoms with Gasteiger partial charge in [0.15, 0.2) is 0 Å². The highest BCUT2D eigenvalue weighted by molar-refractivity contribution is 5.61. The van der Waals surface area contributed by atoms with Crippen molar-refractivity contribution in [2.75, 3.05) is 0 Å². The lowest BCUT2D eigenvalue weighted by atomic mass is 9.79. The van der Waals surface area contributed by atoms with Crippen molar-refractivity contribution in [3.63, 3.8) is 0 Å². The van der Waals surface area contributed by atoms with Gasteiger partial charge in [-0.25, -0.2) is 0 Å². The van der Waals surface area contributed by atoms with Gasteiger partial charge in [-0.1, -0.05) is 19.1 Å². The molecular weight excluding hydrogens is 124 g/mol. The molecule has 3 atom stereocenters. The Morgan fingerprint density at radius 3 is 2.70 bits per heavy atom. The first-order chi connectivity index (χ1) is 4.74. The molecule has 1 nitrogen and oxygen atoms in total. The first-order valence-corrected chi connectivity index (χ1v) is 3.89. The van der Waals surface area contributed by atoms with E-state index in [4.69, 9.17) is 0 Å². The summed E-state index contributed by atoms with van der Waals surface area (Å²) >= 11 is 0. The van der Waals surface area contributed by atoms with E-state index < -0.39 is 0 Å². The Balaban J connectivity index is 2.30. The molecule has 2 bridgehead atoms. The van der Waals surface area contributed by atoms with E-state index in [0.717, 1.165) is 12.7 Å². The van der Waals surface area contributed by atoms with Crippen molar-refractivity contribution in [2.24, 2.45) is 17.3 Å². The van der Waals surface area contributed by atoms with Crippen molar-refractivity contribution in [3.8, 4) is 0 Å². The fraction of sp³-hybridized carbons (Fsp3) is 0.667. The highest BCUT2D eigenvalue weighted by Crippen LogP contribution is 2.50. The van der Waals surface area contributed by atoms with Crippen molar-refractivity contribution in [2.45, 2.75) is 19.8 Å². The summed E-state index contributed by atoms with van der Waals surface area (Å²) in [7, 11) is 0. The zero-order valence-electron chi connectivity index (χ0n) is 6.21. The Hall–Kier alpha value is -0.590. The van der Waals surface area contributed by atoms with E-state index in [1.54, 1.807) is 0 Å². The zero-order chi connectivity index (χ0) is 7.19. The Morgan fingerprint density at radius 2 is 2.40 bits per heavy atom. The number of hydrogen-bond donors (Lipinski definition) is 0. The molecule has 0 aliphatic heterocycles. The minimum absolute atomic E-state index is 0.0145. The molecule has 1 saturated carbocycles. The highest BCUT2D eigenvalue weighted by atomic mass is 16.1. The number of hydrogen-bond acceptors (Lipinski definition) is 1. The number of carbonyl (C=O) groups is 1. The molecule has 0 radical (unpaired) electrons. The number of carbonyl (C=O) groups excluding carboxylic acids is 1. The molecule has 2 aliphatic rings. The zero-order valence-corrected chi connectivity index (χ0v) is 6.21. The van der Waals surface area contributed by atoms with Gasteiger partial charge in [-0.3, -0.25) is 0 Å². The van der Waals surface area contributed by atoms with Gasteiger partial charge in [-0.15, -0.1) is 0 Å². The van der Waals surface area contributed by atoms with Crippen molar-refractivity contribution in [3.05, 3.63) is 12.2 Å². The van der Waals surface area contributed by atoms with Gasteiger partial charge in [0, 0.05) is 5.41 Å². The van der Waals surface area contributed by atoms with Crippen LogP contribution >= 0.6 is 0 Å². The summed E-state index contributed by atoms with van der Waals surface area (Å²) in [6.07, 6.45) is 7.91. The third-order valence-electron chi connectivity index (χ3n) is 2.99. The molecule has 0 aromatic rings. The van der Waals surface area contributed by atoms with Crippen LogP contribution in [0.25, 0.3) is 0 Å². The van der Waals surface area contributed by atoms with Crippen LogP contribution in [0.2, 0.25) is 0 Å². The molecule has 1 heteroatoms. The Labute approximate surface area is 61.1 Å². The van der Waals surface area contributed by atoms with Gasteiger partial charge in [0.25, 0.3) is 0 Å². The average Bonchev–Trinajstić information content (AvgIpc) is 2.46. The SMILES string of the molecule is C[C@@]1(C=O)C[C@H]2C=C[C@H]1C2. The molecular formula is C9H12O. The minimum atomic E-state index is -0.0145. The third kappa shape index (κ3) is 0.606. The second kappa shape index (κ2) is 1.71. The summed E-state index contributed by atoms with van der Waals surface area (Å²) in [6, 6.07) is 0. The smallest absolute Gasteiger partial charge is 0.126 e. The molecule has 0 unspecified atom stereocenters. The normalized spacial score (nSPS) is 50.1. The minimum Gasteiger partial charge on any atom is -0.303 e. The molecule has 1 fully saturated rings. The van der Waals surface area contributed by atoms with Crippen molar-refractivity contribution >= 4 is 6.29 Å². The molecule has 0 heterocycles. The third-order valence-corrected chi connectivity index (χ3v) is 2.99. The largest absolute Gasteiger partial charge is 0.303 e. The molecule has 0 saturated heterocycles. The van der Waals surface area contributed by atoms with E-state index in [1.165, 1.54) is 6.42 Å². The summed E-state index contributed by atoms with van der Waals surface area (Å²) in [5.41, 5.74) is -0.0145. The van der Waals surface area contributed by atoms with Gasteiger partial charge >= 0.3 is 0 Å². The van der Waals surface area contributed by atoms with Crippen LogP contribution in [0.3, 0.4) is 0 Å². The number of rotatable bonds is 1. The molecule has 0 aromatic carbocycles. The van der Waals surface area contributed by atoms with Crippen LogP contribution < -0.4 is 0 Å². The van der Waals surface area contributed by atoms with E-state index in [2.05, 4.69) is 19.1 Å². The average molecular weight is 136 g/mol. The van der Waals surface area contributed by atoms with Crippen molar-refractivity contribution < 1.29 is 4.79 Å². The van der Waals surface area contributed by atoms with Crippen LogP contribution in [0, 0.1) is 17.3 Å². The lowest BCUT2D eigenvalue weighted by Gasteiger charge is -2.23. The summed E-state index contributed by atoms with van der Waals surface area (Å²) in [5, 5.41) is 0. The molecule has 0 aromatic heterocycles. The molecule has 0 spiro atoms. The Morgan fingerprint density at radius 1 is 1.60 bits per heavy atom. The number of aldehydes is 1. The highest BCUT2D eigenvalue weighted by Gasteiger charge is 2.44. The summed E-state index contributed by atoms with van der Waals surface area (Å²) in [5.74, 6) is 1.26. The van der Waals surface area contributed by atoms with Gasteiger partial charge in [-0.2, -0.15) is 0 Å². The molecule has 54 valence electrons. The van der Waals surface area contributed by atoms with E-state index in [9.17, 15) is 4.79 Å². The molecule has 2 rings (SSSR count). The molecule has 10 heavy (non-hydrogen) atoms. The van der Waals surface area contributed by atoms with E-state index in [1.807, 2.05) is 0 Å². The maximum absolute atomic E-state index is 10.7. The number of fused-ring (bicyclic) bond motifs is 2. The lowest BCUT2D eigenvalue weighted by Crippen LogP contribution is -2.22. The Bertz CT molecular complexity index is 195. The second-order valence-corrected chi connectivity index (χ2v) is 3.81. The van der Waals surface area contributed by atoms with Crippen LogP contribution in [-0.2, 0) is 4.79 Å². The van der Waals surface area contributed by atoms with Gasteiger partial charge in [0.1, 0.15) is 6.29 Å². The maximum atomic E-state index is 10.7. The standard InChI is InChI=1S/C9H12O/c1-9(6-10)5-7-2-3-8(9)4-7/h2-3,6-8H,4-5H2,1H3/t7-,8-,9-/m0/s1. The monoisotopic (exact) mass is 136 g/mol. The van der Waals surface area contributed by atoms with Gasteiger partial charge in [0.2, 0.25) is 0 Å². The Kier molecular flexibility index (Phi) is 1.05. The van der Waals surface area contributed by atoms with E-state index in [0.29, 0.717) is 11.8 Å². The van der Waals surface area contributed by atoms with Crippen LogP contribution in [-0.4, -0.2) is 6.29 Å². The fourth-order valence-corrected chi connectivity index (χ4v) is 2.27. The van der Waals surface area contributed by atoms with Gasteiger partial charge in [0.05, 0.1) is 0 Å². The first-order valence-electron chi connectivity index (χ1n) is 3.89. The van der Waals surface area contributed by atoms with Crippen LogP contribution in [0.4, 0.5) is 0 Å². The van der Waals surface area contributed by atoms with E-state index >= 15 is 0 Å². The number of allylic oxidation sites excluding steroid dienone is 2. The molecule has 2 aliphatic carbocycles. The van der Waals surface area contributed by atoms with Crippen molar-refractivity contribution in [1.29, 1.82) is 0 Å². The predicted octanol–water partition coefficient (Wildman–Crippen LogP) is 1.79. The maximum Gasteiger partial charge on any atom is 0.126 e. The predicted molar refractivity (Wildman–Crippen MR) is 39.5 cm³/mol.